The zero-order chi connectivity index (χ0) is 15.9. The predicted molar refractivity (Wildman–Crippen MR) is 87.0 cm³/mol. The van der Waals surface area contributed by atoms with Crippen molar-refractivity contribution in [3.05, 3.63) is 47.9 Å². The van der Waals surface area contributed by atoms with Gasteiger partial charge in [-0.15, -0.1) is 0 Å². The summed E-state index contributed by atoms with van der Waals surface area (Å²) in [6.07, 6.45) is 3.73. The minimum absolute atomic E-state index is 0.193. The van der Waals surface area contributed by atoms with Crippen molar-refractivity contribution in [1.82, 2.24) is 9.97 Å². The van der Waals surface area contributed by atoms with Crippen LogP contribution in [0.15, 0.2) is 36.7 Å². The fourth-order valence-electron chi connectivity index (χ4n) is 3.48. The molecule has 2 aromatic rings. The third kappa shape index (κ3) is 2.56. The zero-order valence-corrected chi connectivity index (χ0v) is 13.2. The lowest BCUT2D eigenvalue weighted by Gasteiger charge is -2.44. The molecule has 0 bridgehead atoms. The third-order valence-electron chi connectivity index (χ3n) is 4.78. The van der Waals surface area contributed by atoms with E-state index in [4.69, 9.17) is 4.74 Å². The second kappa shape index (κ2) is 5.33. The normalized spacial score (nSPS) is 19.3. The number of carbonyl (C=O) groups excluding carboxylic acids is 1. The molecule has 0 aliphatic carbocycles. The summed E-state index contributed by atoms with van der Waals surface area (Å²) in [6.45, 7) is 3.65. The Bertz CT molecular complexity index is 751. The monoisotopic (exact) mass is 309 g/mol. The fourth-order valence-corrected chi connectivity index (χ4v) is 3.48. The maximum atomic E-state index is 12.4. The van der Waals surface area contributed by atoms with E-state index in [1.165, 1.54) is 0 Å². The van der Waals surface area contributed by atoms with Gasteiger partial charge < -0.3 is 9.64 Å². The Kier molecular flexibility index (Phi) is 3.29. The van der Waals surface area contributed by atoms with E-state index < -0.39 is 0 Å². The quantitative estimate of drug-likeness (QED) is 0.811. The molecule has 0 radical (unpaired) electrons. The Labute approximate surface area is 135 Å². The van der Waals surface area contributed by atoms with E-state index in [0.29, 0.717) is 12.0 Å². The number of rotatable bonds is 1. The molecular formula is C18H19N3O2. The van der Waals surface area contributed by atoms with E-state index in [2.05, 4.69) is 14.9 Å². The van der Waals surface area contributed by atoms with E-state index >= 15 is 0 Å². The molecule has 0 amide bonds. The number of hydrogen-bond donors (Lipinski definition) is 0. The van der Waals surface area contributed by atoms with Gasteiger partial charge in [-0.05, 0) is 19.1 Å². The molecule has 118 valence electrons. The lowest BCUT2D eigenvalue weighted by Crippen LogP contribution is -2.51. The summed E-state index contributed by atoms with van der Waals surface area (Å²) in [7, 11) is 0. The molecule has 1 saturated heterocycles. The van der Waals surface area contributed by atoms with Crippen LogP contribution in [0.25, 0.3) is 0 Å². The number of piperidine rings is 1. The summed E-state index contributed by atoms with van der Waals surface area (Å²) in [4.78, 5) is 23.2. The van der Waals surface area contributed by atoms with Gasteiger partial charge in [-0.2, -0.15) is 0 Å². The number of anilines is 1. The molecule has 1 spiro atoms. The van der Waals surface area contributed by atoms with Gasteiger partial charge in [-0.3, -0.25) is 4.79 Å². The fraction of sp³-hybridized carbons (Fsp3) is 0.389. The largest absolute Gasteiger partial charge is 0.486 e. The highest BCUT2D eigenvalue weighted by Crippen LogP contribution is 2.39. The number of fused-ring (bicyclic) bond motifs is 1. The molecule has 1 aromatic carbocycles. The number of para-hydroxylation sites is 1. The van der Waals surface area contributed by atoms with Crippen molar-refractivity contribution in [2.75, 3.05) is 18.0 Å². The van der Waals surface area contributed by atoms with Crippen molar-refractivity contribution in [2.24, 2.45) is 0 Å². The Balaban J connectivity index is 1.53. The lowest BCUT2D eigenvalue weighted by molar-refractivity contribution is 0.0231. The van der Waals surface area contributed by atoms with Crippen molar-refractivity contribution in [3.63, 3.8) is 0 Å². The van der Waals surface area contributed by atoms with E-state index in [1.54, 1.807) is 6.33 Å². The number of ether oxygens (including phenoxy) is 1. The summed E-state index contributed by atoms with van der Waals surface area (Å²) in [5, 5.41) is 0. The van der Waals surface area contributed by atoms with E-state index in [1.807, 2.05) is 37.3 Å². The number of hydrogen-bond acceptors (Lipinski definition) is 5. The van der Waals surface area contributed by atoms with Crippen LogP contribution in [-0.4, -0.2) is 34.4 Å². The molecule has 0 unspecified atom stereocenters. The Hall–Kier alpha value is -2.43. The van der Waals surface area contributed by atoms with Crippen LogP contribution in [0.5, 0.6) is 5.75 Å². The van der Waals surface area contributed by atoms with Gasteiger partial charge in [-0.1, -0.05) is 12.1 Å². The Morgan fingerprint density at radius 3 is 2.74 bits per heavy atom. The number of aromatic nitrogens is 2. The minimum atomic E-state index is -0.357. The van der Waals surface area contributed by atoms with Crippen LogP contribution >= 0.6 is 0 Å². The standard InChI is InChI=1S/C18H19N3O2/c1-13-10-17(20-12-19-13)21-8-6-18(7-9-21)11-15(22)14-4-2-3-5-16(14)23-18/h2-5,10,12H,6-9,11H2,1H3. The maximum Gasteiger partial charge on any atom is 0.170 e. The zero-order valence-electron chi connectivity index (χ0n) is 13.2. The smallest absolute Gasteiger partial charge is 0.170 e. The number of aryl methyl sites for hydroxylation is 1. The van der Waals surface area contributed by atoms with Crippen molar-refractivity contribution < 1.29 is 9.53 Å². The molecule has 0 atom stereocenters. The molecule has 0 N–H and O–H groups in total. The second-order valence-electron chi connectivity index (χ2n) is 6.39. The average Bonchev–Trinajstić information content (AvgIpc) is 2.55. The Morgan fingerprint density at radius 2 is 1.96 bits per heavy atom. The van der Waals surface area contributed by atoms with Crippen LogP contribution in [0.4, 0.5) is 5.82 Å². The van der Waals surface area contributed by atoms with Gasteiger partial charge in [0, 0.05) is 37.7 Å². The number of Topliss-reactive ketones (excluding diaryl/α,β-unsaturated/α-hetero) is 1. The Morgan fingerprint density at radius 1 is 1.17 bits per heavy atom. The molecule has 23 heavy (non-hydrogen) atoms. The van der Waals surface area contributed by atoms with Crippen LogP contribution in [-0.2, 0) is 0 Å². The van der Waals surface area contributed by atoms with Crippen LogP contribution in [0.1, 0.15) is 35.3 Å². The van der Waals surface area contributed by atoms with Crippen molar-refractivity contribution >= 4 is 11.6 Å². The predicted octanol–water partition coefficient (Wildman–Crippen LogP) is 2.79. The SMILES string of the molecule is Cc1cc(N2CCC3(CC2)CC(=O)c2ccccc2O3)ncn1. The van der Waals surface area contributed by atoms with Gasteiger partial charge in [0.2, 0.25) is 0 Å². The molecule has 2 aliphatic rings. The van der Waals surface area contributed by atoms with Crippen LogP contribution in [0, 0.1) is 6.92 Å². The molecule has 4 rings (SSSR count). The van der Waals surface area contributed by atoms with Crippen LogP contribution in [0.2, 0.25) is 0 Å². The summed E-state index contributed by atoms with van der Waals surface area (Å²) >= 11 is 0. The molecule has 3 heterocycles. The highest BCUT2D eigenvalue weighted by molar-refractivity contribution is 6.00. The molecule has 5 heteroatoms. The van der Waals surface area contributed by atoms with Gasteiger partial charge >= 0.3 is 0 Å². The van der Waals surface area contributed by atoms with E-state index in [0.717, 1.165) is 43.2 Å². The molecule has 1 fully saturated rings. The third-order valence-corrected chi connectivity index (χ3v) is 4.78. The van der Waals surface area contributed by atoms with Gasteiger partial charge in [0.05, 0.1) is 12.0 Å². The topological polar surface area (TPSA) is 55.3 Å². The van der Waals surface area contributed by atoms with Crippen molar-refractivity contribution in [2.45, 2.75) is 31.8 Å². The summed E-state index contributed by atoms with van der Waals surface area (Å²) in [5.74, 6) is 1.88. The first-order valence-corrected chi connectivity index (χ1v) is 8.00. The number of ketones is 1. The number of carbonyl (C=O) groups is 1. The average molecular weight is 309 g/mol. The second-order valence-corrected chi connectivity index (χ2v) is 6.39. The highest BCUT2D eigenvalue weighted by Gasteiger charge is 2.43. The van der Waals surface area contributed by atoms with E-state index in [9.17, 15) is 4.79 Å². The molecule has 2 aliphatic heterocycles. The first kappa shape index (κ1) is 14.2. The van der Waals surface area contributed by atoms with Crippen molar-refractivity contribution in [3.8, 4) is 5.75 Å². The summed E-state index contributed by atoms with van der Waals surface area (Å²) in [5.41, 5.74) is 1.32. The van der Waals surface area contributed by atoms with Gasteiger partial charge in [0.15, 0.2) is 5.78 Å². The molecule has 0 saturated carbocycles. The highest BCUT2D eigenvalue weighted by atomic mass is 16.5. The van der Waals surface area contributed by atoms with E-state index in [-0.39, 0.29) is 11.4 Å². The summed E-state index contributed by atoms with van der Waals surface area (Å²) < 4.78 is 6.26. The molecule has 1 aromatic heterocycles. The van der Waals surface area contributed by atoms with Gasteiger partial charge in [0.25, 0.3) is 0 Å². The van der Waals surface area contributed by atoms with Crippen molar-refractivity contribution in [1.29, 1.82) is 0 Å². The molecule has 5 nitrogen and oxygen atoms in total. The van der Waals surface area contributed by atoms with Gasteiger partial charge in [-0.25, -0.2) is 9.97 Å². The molecular weight excluding hydrogens is 290 g/mol. The summed E-state index contributed by atoms with van der Waals surface area (Å²) in [6, 6.07) is 9.56. The number of benzene rings is 1. The number of nitrogens with zero attached hydrogens (tertiary/aromatic N) is 3. The first-order valence-electron chi connectivity index (χ1n) is 8.00. The lowest BCUT2D eigenvalue weighted by atomic mass is 9.82. The first-order chi connectivity index (χ1) is 11.2. The van der Waals surface area contributed by atoms with Gasteiger partial charge in [0.1, 0.15) is 23.5 Å². The van der Waals surface area contributed by atoms with Crippen LogP contribution in [0.3, 0.4) is 0 Å². The van der Waals surface area contributed by atoms with Crippen LogP contribution < -0.4 is 9.64 Å². The minimum Gasteiger partial charge on any atom is -0.486 e. The maximum absolute atomic E-state index is 12.4.